The van der Waals surface area contributed by atoms with Gasteiger partial charge < -0.3 is 19.1 Å². The van der Waals surface area contributed by atoms with Crippen LogP contribution >= 0.6 is 11.6 Å². The lowest BCUT2D eigenvalue weighted by atomic mass is 10.00. The van der Waals surface area contributed by atoms with E-state index in [4.69, 9.17) is 25.8 Å². The molecule has 1 heterocycles. The van der Waals surface area contributed by atoms with E-state index in [2.05, 4.69) is 0 Å². The second-order valence-corrected chi connectivity index (χ2v) is 7.33. The van der Waals surface area contributed by atoms with E-state index >= 15 is 0 Å². The second kappa shape index (κ2) is 7.31. The molecule has 1 amide bonds. The summed E-state index contributed by atoms with van der Waals surface area (Å²) in [6.07, 6.45) is 1.98. The quantitative estimate of drug-likeness (QED) is 0.790. The Bertz CT molecular complexity index is 879. The van der Waals surface area contributed by atoms with Crippen molar-refractivity contribution in [1.29, 1.82) is 0 Å². The summed E-state index contributed by atoms with van der Waals surface area (Å²) in [7, 11) is 3.25. The lowest BCUT2D eigenvalue weighted by molar-refractivity contribution is -0.133. The van der Waals surface area contributed by atoms with Crippen LogP contribution in [0.5, 0.6) is 17.2 Å². The van der Waals surface area contributed by atoms with Crippen LogP contribution in [0.15, 0.2) is 30.3 Å². The molecule has 0 unspecified atom stereocenters. The number of hydrogen-bond acceptors (Lipinski definition) is 4. The molecule has 1 fully saturated rings. The third-order valence-electron chi connectivity index (χ3n) is 5.03. The average molecular weight is 388 g/mol. The fourth-order valence-corrected chi connectivity index (χ4v) is 3.65. The highest BCUT2D eigenvalue weighted by Crippen LogP contribution is 2.42. The van der Waals surface area contributed by atoms with Gasteiger partial charge in [-0.1, -0.05) is 11.6 Å². The zero-order valence-electron chi connectivity index (χ0n) is 15.5. The molecule has 0 spiro atoms. The molecule has 1 aliphatic carbocycles. The molecular weight excluding hydrogens is 366 g/mol. The van der Waals surface area contributed by atoms with Crippen LogP contribution in [0.25, 0.3) is 11.1 Å². The Morgan fingerprint density at radius 1 is 1.15 bits per heavy atom. The molecule has 27 heavy (non-hydrogen) atoms. The number of nitrogens with zero attached hydrogens (tertiary/aromatic N) is 1. The molecule has 0 atom stereocenters. The van der Waals surface area contributed by atoms with Crippen LogP contribution in [-0.2, 0) is 11.3 Å². The second-order valence-electron chi connectivity index (χ2n) is 6.89. The van der Waals surface area contributed by atoms with Gasteiger partial charge in [0.1, 0.15) is 12.4 Å². The summed E-state index contributed by atoms with van der Waals surface area (Å²) >= 11 is 6.21. The number of carbonyl (C=O) groups is 1. The van der Waals surface area contributed by atoms with E-state index in [1.807, 2.05) is 29.2 Å². The molecule has 2 aromatic rings. The third-order valence-corrected chi connectivity index (χ3v) is 5.27. The molecule has 0 aromatic heterocycles. The van der Waals surface area contributed by atoms with Gasteiger partial charge >= 0.3 is 0 Å². The van der Waals surface area contributed by atoms with Crippen molar-refractivity contribution in [1.82, 2.24) is 4.90 Å². The Morgan fingerprint density at radius 3 is 2.63 bits per heavy atom. The minimum atomic E-state index is 0.185. The van der Waals surface area contributed by atoms with Crippen molar-refractivity contribution in [3.63, 3.8) is 0 Å². The number of hydrogen-bond donors (Lipinski definition) is 0. The first-order valence-corrected chi connectivity index (χ1v) is 9.45. The molecule has 5 nitrogen and oxygen atoms in total. The number of halogens is 1. The van der Waals surface area contributed by atoms with Gasteiger partial charge in [0.05, 0.1) is 20.8 Å². The van der Waals surface area contributed by atoms with Crippen LogP contribution in [0.1, 0.15) is 18.4 Å². The summed E-state index contributed by atoms with van der Waals surface area (Å²) < 4.78 is 17.0. The zero-order chi connectivity index (χ0) is 19.0. The molecule has 0 saturated heterocycles. The number of fused-ring (bicyclic) bond motifs is 1. The smallest absolute Gasteiger partial charge is 0.226 e. The van der Waals surface area contributed by atoms with Crippen molar-refractivity contribution >= 4 is 17.5 Å². The average Bonchev–Trinajstić information content (AvgIpc) is 3.53. The van der Waals surface area contributed by atoms with Crippen LogP contribution in [0.4, 0.5) is 0 Å². The molecule has 1 saturated carbocycles. The van der Waals surface area contributed by atoms with Crippen molar-refractivity contribution < 1.29 is 19.0 Å². The van der Waals surface area contributed by atoms with E-state index in [1.165, 1.54) is 0 Å². The van der Waals surface area contributed by atoms with Gasteiger partial charge in [-0.3, -0.25) is 4.79 Å². The molecular formula is C21H22ClNO4. The Balaban J connectivity index is 1.78. The molecule has 142 valence electrons. The number of amides is 1. The van der Waals surface area contributed by atoms with Crippen molar-refractivity contribution in [3.8, 4) is 28.4 Å². The predicted molar refractivity (Wildman–Crippen MR) is 104 cm³/mol. The molecule has 2 aliphatic rings. The van der Waals surface area contributed by atoms with E-state index < -0.39 is 0 Å². The van der Waals surface area contributed by atoms with E-state index in [-0.39, 0.29) is 11.8 Å². The van der Waals surface area contributed by atoms with Crippen molar-refractivity contribution in [2.24, 2.45) is 5.92 Å². The van der Waals surface area contributed by atoms with Crippen LogP contribution in [-0.4, -0.2) is 38.2 Å². The van der Waals surface area contributed by atoms with Gasteiger partial charge in [-0.2, -0.15) is 0 Å². The van der Waals surface area contributed by atoms with Crippen molar-refractivity contribution in [2.75, 3.05) is 27.4 Å². The third kappa shape index (κ3) is 3.56. The maximum atomic E-state index is 12.6. The number of rotatable bonds is 4. The van der Waals surface area contributed by atoms with E-state index in [1.54, 1.807) is 20.3 Å². The standard InChI is InChI=1S/C21H22ClNO4/c1-25-18-6-5-16(22)11-17(18)14-9-15-12-23(21(24)13-3-4-13)7-8-27-20(15)19(10-14)26-2/h5-6,9-11,13H,3-4,7-8,12H2,1-2H3. The first-order chi connectivity index (χ1) is 13.1. The van der Waals surface area contributed by atoms with E-state index in [0.717, 1.165) is 35.3 Å². The van der Waals surface area contributed by atoms with Gasteiger partial charge in [-0.25, -0.2) is 0 Å². The van der Waals surface area contributed by atoms with Crippen LogP contribution in [0, 0.1) is 5.92 Å². The van der Waals surface area contributed by atoms with Gasteiger partial charge in [0.2, 0.25) is 5.91 Å². The molecule has 0 N–H and O–H groups in total. The highest BCUT2D eigenvalue weighted by Gasteiger charge is 2.34. The molecule has 0 radical (unpaired) electrons. The largest absolute Gasteiger partial charge is 0.496 e. The number of carbonyl (C=O) groups excluding carboxylic acids is 1. The highest BCUT2D eigenvalue weighted by atomic mass is 35.5. The van der Waals surface area contributed by atoms with Crippen molar-refractivity contribution in [2.45, 2.75) is 19.4 Å². The van der Waals surface area contributed by atoms with Crippen LogP contribution < -0.4 is 14.2 Å². The van der Waals surface area contributed by atoms with Gasteiger partial charge in [0, 0.05) is 28.6 Å². The number of benzene rings is 2. The molecule has 2 aromatic carbocycles. The fourth-order valence-electron chi connectivity index (χ4n) is 3.47. The molecule has 4 rings (SSSR count). The Kier molecular flexibility index (Phi) is 4.87. The topological polar surface area (TPSA) is 48.0 Å². The van der Waals surface area contributed by atoms with Gasteiger partial charge in [0.15, 0.2) is 11.5 Å². The summed E-state index contributed by atoms with van der Waals surface area (Å²) in [5, 5.41) is 0.626. The number of ether oxygens (including phenoxy) is 3. The Hall–Kier alpha value is -2.40. The Morgan fingerprint density at radius 2 is 1.93 bits per heavy atom. The normalized spacial score (nSPS) is 16.2. The van der Waals surface area contributed by atoms with E-state index in [9.17, 15) is 4.79 Å². The van der Waals surface area contributed by atoms with Crippen molar-refractivity contribution in [3.05, 3.63) is 40.9 Å². The van der Waals surface area contributed by atoms with Gasteiger partial charge in [-0.05, 0) is 48.7 Å². The fraction of sp³-hybridized carbons (Fsp3) is 0.381. The summed E-state index contributed by atoms with van der Waals surface area (Å²) in [6, 6.07) is 9.46. The SMILES string of the molecule is COc1ccc(Cl)cc1-c1cc2c(c(OC)c1)OCCN(C(=O)C1CC1)C2. The lowest BCUT2D eigenvalue weighted by Gasteiger charge is -2.20. The summed E-state index contributed by atoms with van der Waals surface area (Å²) in [5.41, 5.74) is 2.71. The first kappa shape index (κ1) is 18.0. The lowest BCUT2D eigenvalue weighted by Crippen LogP contribution is -2.33. The minimum Gasteiger partial charge on any atom is -0.496 e. The number of methoxy groups -OCH3 is 2. The zero-order valence-corrected chi connectivity index (χ0v) is 16.2. The minimum absolute atomic E-state index is 0.185. The van der Waals surface area contributed by atoms with Crippen LogP contribution in [0.2, 0.25) is 5.02 Å². The maximum Gasteiger partial charge on any atom is 0.226 e. The monoisotopic (exact) mass is 387 g/mol. The molecule has 6 heteroatoms. The van der Waals surface area contributed by atoms with Gasteiger partial charge in [-0.15, -0.1) is 0 Å². The van der Waals surface area contributed by atoms with E-state index in [0.29, 0.717) is 36.2 Å². The summed E-state index contributed by atoms with van der Waals surface area (Å²) in [4.78, 5) is 14.5. The Labute approximate surface area is 163 Å². The summed E-state index contributed by atoms with van der Waals surface area (Å²) in [5.74, 6) is 2.47. The predicted octanol–water partition coefficient (Wildman–Crippen LogP) is 4.16. The van der Waals surface area contributed by atoms with Gasteiger partial charge in [0.25, 0.3) is 0 Å². The molecule has 0 bridgehead atoms. The van der Waals surface area contributed by atoms with Crippen LogP contribution in [0.3, 0.4) is 0 Å². The maximum absolute atomic E-state index is 12.6. The first-order valence-electron chi connectivity index (χ1n) is 9.07. The summed E-state index contributed by atoms with van der Waals surface area (Å²) in [6.45, 7) is 1.56. The highest BCUT2D eigenvalue weighted by molar-refractivity contribution is 6.31. The molecule has 1 aliphatic heterocycles.